The van der Waals surface area contributed by atoms with Crippen LogP contribution in [0.5, 0.6) is 0 Å². The van der Waals surface area contributed by atoms with Gasteiger partial charge in [0, 0.05) is 42.9 Å². The smallest absolute Gasteiger partial charge is 0.223 e. The lowest BCUT2D eigenvalue weighted by atomic mass is 9.96. The lowest BCUT2D eigenvalue weighted by Gasteiger charge is -2.32. The maximum Gasteiger partial charge on any atom is 0.223 e. The van der Waals surface area contributed by atoms with Gasteiger partial charge in [0.2, 0.25) is 5.91 Å². The maximum absolute atomic E-state index is 12.6. The van der Waals surface area contributed by atoms with E-state index in [-0.39, 0.29) is 11.8 Å². The molecule has 1 aliphatic rings. The number of carbonyl (C=O) groups excluding carboxylic acids is 1. The van der Waals surface area contributed by atoms with Crippen molar-refractivity contribution in [2.75, 3.05) is 24.5 Å². The summed E-state index contributed by atoms with van der Waals surface area (Å²) in [5, 5.41) is 7.52. The van der Waals surface area contributed by atoms with Gasteiger partial charge < -0.3 is 10.2 Å². The zero-order chi connectivity index (χ0) is 20.9. The van der Waals surface area contributed by atoms with Gasteiger partial charge in [0.1, 0.15) is 12.1 Å². The van der Waals surface area contributed by atoms with Crippen LogP contribution >= 0.6 is 0 Å². The van der Waals surface area contributed by atoms with Gasteiger partial charge in [-0.25, -0.2) is 9.97 Å². The summed E-state index contributed by atoms with van der Waals surface area (Å²) in [5.41, 5.74) is 4.13. The number of piperidine rings is 1. The maximum atomic E-state index is 12.6. The molecule has 4 rings (SSSR count). The summed E-state index contributed by atoms with van der Waals surface area (Å²) in [6.07, 6.45) is 3.28. The van der Waals surface area contributed by atoms with E-state index in [9.17, 15) is 4.79 Å². The molecular formula is C23H28N6O. The van der Waals surface area contributed by atoms with Crippen LogP contribution in [0.25, 0.3) is 11.3 Å². The highest BCUT2D eigenvalue weighted by molar-refractivity contribution is 5.79. The normalized spacial score (nSPS) is 14.7. The Hall–Kier alpha value is -3.22. The minimum absolute atomic E-state index is 0.0529. The number of benzene rings is 1. The van der Waals surface area contributed by atoms with E-state index in [0.29, 0.717) is 13.1 Å². The van der Waals surface area contributed by atoms with E-state index >= 15 is 0 Å². The van der Waals surface area contributed by atoms with Crippen molar-refractivity contribution in [2.24, 2.45) is 5.92 Å². The van der Waals surface area contributed by atoms with Crippen molar-refractivity contribution in [1.82, 2.24) is 25.1 Å². The topological polar surface area (TPSA) is 75.9 Å². The van der Waals surface area contributed by atoms with E-state index in [1.54, 1.807) is 6.33 Å². The third-order valence-electron chi connectivity index (χ3n) is 5.64. The molecule has 3 aromatic rings. The van der Waals surface area contributed by atoms with Gasteiger partial charge in [-0.1, -0.05) is 30.3 Å². The van der Waals surface area contributed by atoms with E-state index in [1.165, 1.54) is 0 Å². The van der Waals surface area contributed by atoms with Gasteiger partial charge >= 0.3 is 0 Å². The number of rotatable bonds is 6. The molecule has 0 atom stereocenters. The monoisotopic (exact) mass is 404 g/mol. The second kappa shape index (κ2) is 9.07. The van der Waals surface area contributed by atoms with Crippen LogP contribution in [0, 0.1) is 19.8 Å². The fraction of sp³-hybridized carbons (Fsp3) is 0.391. The Kier molecular flexibility index (Phi) is 6.07. The standard InChI is InChI=1S/C23H28N6O/c1-17-14-18(2)29(27-17)13-10-24-23(30)20-8-11-28(12-9-20)22-15-21(25-16-26-22)19-6-4-3-5-7-19/h3-7,14-16,20H,8-13H2,1-2H3,(H,24,30). The van der Waals surface area contributed by atoms with Gasteiger partial charge in [-0.3, -0.25) is 9.48 Å². The molecule has 1 saturated heterocycles. The van der Waals surface area contributed by atoms with Crippen LogP contribution in [-0.2, 0) is 11.3 Å². The van der Waals surface area contributed by atoms with Crippen LogP contribution in [0.15, 0.2) is 48.8 Å². The number of nitrogens with one attached hydrogen (secondary N) is 1. The summed E-state index contributed by atoms with van der Waals surface area (Å²) in [5.74, 6) is 1.12. The van der Waals surface area contributed by atoms with Crippen molar-refractivity contribution in [3.8, 4) is 11.3 Å². The number of hydrogen-bond acceptors (Lipinski definition) is 5. The third-order valence-corrected chi connectivity index (χ3v) is 5.64. The Labute approximate surface area is 177 Å². The van der Waals surface area contributed by atoms with Gasteiger partial charge in [-0.15, -0.1) is 0 Å². The number of aromatic nitrogens is 4. The molecule has 0 bridgehead atoms. The van der Waals surface area contributed by atoms with Crippen molar-refractivity contribution in [1.29, 1.82) is 0 Å². The van der Waals surface area contributed by atoms with Crippen LogP contribution in [0.2, 0.25) is 0 Å². The predicted molar refractivity (Wildman–Crippen MR) is 117 cm³/mol. The molecule has 1 N–H and O–H groups in total. The molecule has 0 aliphatic carbocycles. The summed E-state index contributed by atoms with van der Waals surface area (Å²) >= 11 is 0. The van der Waals surface area contributed by atoms with E-state index in [4.69, 9.17) is 0 Å². The molecule has 0 unspecified atom stereocenters. The minimum Gasteiger partial charge on any atom is -0.356 e. The lowest BCUT2D eigenvalue weighted by Crippen LogP contribution is -2.41. The molecule has 1 amide bonds. The van der Waals surface area contributed by atoms with Crippen LogP contribution in [0.3, 0.4) is 0 Å². The van der Waals surface area contributed by atoms with Gasteiger partial charge in [-0.2, -0.15) is 5.10 Å². The fourth-order valence-corrected chi connectivity index (χ4v) is 3.99. The van der Waals surface area contributed by atoms with Crippen LogP contribution in [0.4, 0.5) is 5.82 Å². The Balaban J connectivity index is 1.28. The molecule has 1 aromatic carbocycles. The SMILES string of the molecule is Cc1cc(C)n(CCNC(=O)C2CCN(c3cc(-c4ccccc4)ncn3)CC2)n1. The first-order valence-electron chi connectivity index (χ1n) is 10.5. The van der Waals surface area contributed by atoms with Crippen LogP contribution in [-0.4, -0.2) is 45.3 Å². The predicted octanol–water partition coefficient (Wildman–Crippen LogP) is 2.99. The minimum atomic E-state index is 0.0529. The summed E-state index contributed by atoms with van der Waals surface area (Å²) < 4.78 is 1.94. The van der Waals surface area contributed by atoms with Crippen molar-refractivity contribution in [3.63, 3.8) is 0 Å². The highest BCUT2D eigenvalue weighted by Crippen LogP contribution is 2.25. The number of amides is 1. The molecule has 1 fully saturated rings. The summed E-state index contributed by atoms with van der Waals surface area (Å²) in [4.78, 5) is 23.7. The highest BCUT2D eigenvalue weighted by Gasteiger charge is 2.25. The third kappa shape index (κ3) is 4.67. The van der Waals surface area contributed by atoms with E-state index in [2.05, 4.69) is 37.4 Å². The van der Waals surface area contributed by atoms with Crippen molar-refractivity contribution < 1.29 is 4.79 Å². The molecule has 30 heavy (non-hydrogen) atoms. The Bertz CT molecular complexity index is 992. The first kappa shape index (κ1) is 20.1. The molecule has 0 spiro atoms. The quantitative estimate of drug-likeness (QED) is 0.684. The van der Waals surface area contributed by atoms with Gasteiger partial charge in [0.05, 0.1) is 17.9 Å². The zero-order valence-electron chi connectivity index (χ0n) is 17.6. The van der Waals surface area contributed by atoms with Crippen LogP contribution in [0.1, 0.15) is 24.2 Å². The molecule has 0 saturated carbocycles. The number of anilines is 1. The van der Waals surface area contributed by atoms with Crippen molar-refractivity contribution in [2.45, 2.75) is 33.2 Å². The molecule has 0 radical (unpaired) electrons. The first-order chi connectivity index (χ1) is 14.6. The van der Waals surface area contributed by atoms with Crippen molar-refractivity contribution >= 4 is 11.7 Å². The lowest BCUT2D eigenvalue weighted by molar-refractivity contribution is -0.125. The average molecular weight is 405 g/mol. The van der Waals surface area contributed by atoms with Gasteiger partial charge in [0.15, 0.2) is 0 Å². The molecule has 156 valence electrons. The molecule has 1 aliphatic heterocycles. The first-order valence-corrected chi connectivity index (χ1v) is 10.5. The van der Waals surface area contributed by atoms with Crippen molar-refractivity contribution in [3.05, 3.63) is 60.2 Å². The summed E-state index contributed by atoms with van der Waals surface area (Å²) in [6.45, 7) is 6.96. The Morgan fingerprint density at radius 2 is 1.87 bits per heavy atom. The highest BCUT2D eigenvalue weighted by atomic mass is 16.1. The van der Waals surface area contributed by atoms with E-state index < -0.39 is 0 Å². The molecule has 7 heteroatoms. The zero-order valence-corrected chi connectivity index (χ0v) is 17.6. The average Bonchev–Trinajstić information content (AvgIpc) is 3.11. The largest absolute Gasteiger partial charge is 0.356 e. The number of hydrogen-bond donors (Lipinski definition) is 1. The molecule has 2 aromatic heterocycles. The van der Waals surface area contributed by atoms with E-state index in [0.717, 1.165) is 54.4 Å². The Morgan fingerprint density at radius 1 is 1.10 bits per heavy atom. The second-order valence-corrected chi connectivity index (χ2v) is 7.83. The summed E-state index contributed by atoms with van der Waals surface area (Å²) in [6, 6.07) is 14.2. The molecular weight excluding hydrogens is 376 g/mol. The summed E-state index contributed by atoms with van der Waals surface area (Å²) in [7, 11) is 0. The number of nitrogens with zero attached hydrogens (tertiary/aromatic N) is 5. The Morgan fingerprint density at radius 3 is 2.57 bits per heavy atom. The van der Waals surface area contributed by atoms with E-state index in [1.807, 2.05) is 48.9 Å². The van der Waals surface area contributed by atoms with Gasteiger partial charge in [-0.05, 0) is 32.8 Å². The fourth-order valence-electron chi connectivity index (χ4n) is 3.99. The van der Waals surface area contributed by atoms with Crippen LogP contribution < -0.4 is 10.2 Å². The number of carbonyl (C=O) groups is 1. The second-order valence-electron chi connectivity index (χ2n) is 7.83. The number of aryl methyl sites for hydroxylation is 2. The molecule has 3 heterocycles. The van der Waals surface area contributed by atoms with Gasteiger partial charge in [0.25, 0.3) is 0 Å². The molecule has 7 nitrogen and oxygen atoms in total.